The van der Waals surface area contributed by atoms with E-state index in [0.717, 1.165) is 25.7 Å². The first-order valence-corrected chi connectivity index (χ1v) is 6.12. The molecule has 0 aromatic carbocycles. The molecule has 1 aliphatic rings. The minimum Gasteiger partial charge on any atom is -0.404 e. The lowest BCUT2D eigenvalue weighted by atomic mass is 9.82. The van der Waals surface area contributed by atoms with Gasteiger partial charge < -0.3 is 11.5 Å². The van der Waals surface area contributed by atoms with Crippen LogP contribution in [0.15, 0.2) is 16.8 Å². The molecule has 1 rings (SSSR count). The second-order valence-corrected chi connectivity index (χ2v) is 3.83. The van der Waals surface area contributed by atoms with Crippen molar-refractivity contribution in [3.8, 4) is 0 Å². The molecule has 4 N–H and O–H groups in total. The Balaban J connectivity index is 0.00000121. The third kappa shape index (κ3) is 6.36. The highest BCUT2D eigenvalue weighted by Gasteiger charge is 2.20. The monoisotopic (exact) mass is 247 g/mol. The molecule has 5 heteroatoms. The topological polar surface area (TPSA) is 64.4 Å². The number of halogens is 2. The molecule has 0 aromatic heterocycles. The molecule has 1 fully saturated rings. The number of hydrogen-bond acceptors (Lipinski definition) is 3. The van der Waals surface area contributed by atoms with Gasteiger partial charge in [-0.15, -0.1) is 0 Å². The van der Waals surface area contributed by atoms with Crippen molar-refractivity contribution < 1.29 is 8.78 Å². The Labute approximate surface area is 102 Å². The second-order valence-electron chi connectivity index (χ2n) is 3.83. The molecular weight excluding hydrogens is 224 g/mol. The van der Waals surface area contributed by atoms with Gasteiger partial charge >= 0.3 is 6.55 Å². The second kappa shape index (κ2) is 9.10. The number of rotatable bonds is 3. The number of allylic oxidation sites excluding steroid dienone is 1. The molecule has 1 saturated carbocycles. The molecule has 0 bridgehead atoms. The number of alkyl halides is 2. The molecule has 0 spiro atoms. The Morgan fingerprint density at radius 1 is 1.24 bits per heavy atom. The Morgan fingerprint density at radius 2 is 1.76 bits per heavy atom. The quantitative estimate of drug-likeness (QED) is 0.595. The molecule has 0 atom stereocenters. The van der Waals surface area contributed by atoms with Gasteiger partial charge in [-0.25, -0.2) is 4.99 Å². The molecule has 1 aliphatic carbocycles. The molecule has 0 saturated heterocycles. The van der Waals surface area contributed by atoms with Crippen LogP contribution in [0.1, 0.15) is 39.5 Å². The minimum atomic E-state index is -2.66. The smallest absolute Gasteiger partial charge is 0.331 e. The first-order chi connectivity index (χ1) is 8.13. The van der Waals surface area contributed by atoms with Crippen LogP contribution in [0.2, 0.25) is 0 Å². The van der Waals surface area contributed by atoms with Crippen molar-refractivity contribution in [1.82, 2.24) is 0 Å². The van der Waals surface area contributed by atoms with Gasteiger partial charge in [0.2, 0.25) is 0 Å². The summed E-state index contributed by atoms with van der Waals surface area (Å²) in [5.41, 5.74) is 11.8. The summed E-state index contributed by atoms with van der Waals surface area (Å²) in [7, 11) is 0. The molecular formula is C12H23F2N3. The van der Waals surface area contributed by atoms with Gasteiger partial charge in [0.15, 0.2) is 0 Å². The zero-order chi connectivity index (χ0) is 13.3. The van der Waals surface area contributed by atoms with Crippen molar-refractivity contribution in [3.05, 3.63) is 11.8 Å². The van der Waals surface area contributed by atoms with Gasteiger partial charge in [0.1, 0.15) is 0 Å². The van der Waals surface area contributed by atoms with Crippen LogP contribution >= 0.6 is 0 Å². The number of hydrogen-bond donors (Lipinski definition) is 2. The molecule has 17 heavy (non-hydrogen) atoms. The highest BCUT2D eigenvalue weighted by atomic mass is 19.3. The van der Waals surface area contributed by atoms with Crippen LogP contribution in [-0.4, -0.2) is 18.8 Å². The third-order valence-corrected chi connectivity index (χ3v) is 2.77. The van der Waals surface area contributed by atoms with Gasteiger partial charge in [-0.05, 0) is 43.4 Å². The maximum atomic E-state index is 11.9. The van der Waals surface area contributed by atoms with Gasteiger partial charge in [0, 0.05) is 12.3 Å². The van der Waals surface area contributed by atoms with E-state index in [2.05, 4.69) is 4.99 Å². The fraction of sp³-hybridized carbons (Fsp3) is 0.750. The summed E-state index contributed by atoms with van der Waals surface area (Å²) in [6.07, 6.45) is 6.20. The third-order valence-electron chi connectivity index (χ3n) is 2.77. The van der Waals surface area contributed by atoms with Crippen molar-refractivity contribution in [1.29, 1.82) is 0 Å². The molecule has 0 unspecified atom stereocenters. The normalized spacial score (nSPS) is 25.9. The molecule has 0 aromatic rings. The van der Waals surface area contributed by atoms with Gasteiger partial charge in [-0.2, -0.15) is 8.78 Å². The molecule has 0 aliphatic heterocycles. The van der Waals surface area contributed by atoms with Gasteiger partial charge in [0.05, 0.1) is 0 Å². The SMILES string of the molecule is CC.N/C=C(\C=N\C(F)F)C1CCC(N)CC1. The van der Waals surface area contributed by atoms with Crippen LogP contribution in [0.5, 0.6) is 0 Å². The highest BCUT2D eigenvalue weighted by Crippen LogP contribution is 2.28. The van der Waals surface area contributed by atoms with Gasteiger partial charge in [-0.1, -0.05) is 13.8 Å². The fourth-order valence-electron chi connectivity index (χ4n) is 1.88. The van der Waals surface area contributed by atoms with Gasteiger partial charge in [-0.3, -0.25) is 0 Å². The number of nitrogens with two attached hydrogens (primary N) is 2. The zero-order valence-corrected chi connectivity index (χ0v) is 10.6. The van der Waals surface area contributed by atoms with Crippen LogP contribution in [-0.2, 0) is 0 Å². The first kappa shape index (κ1) is 16.0. The van der Waals surface area contributed by atoms with E-state index >= 15 is 0 Å². The lowest BCUT2D eigenvalue weighted by Gasteiger charge is -2.26. The van der Waals surface area contributed by atoms with Crippen molar-refractivity contribution in [2.75, 3.05) is 0 Å². The van der Waals surface area contributed by atoms with E-state index in [4.69, 9.17) is 11.5 Å². The number of nitrogens with zero attached hydrogens (tertiary/aromatic N) is 1. The summed E-state index contributed by atoms with van der Waals surface area (Å²) in [6.45, 7) is 1.34. The Morgan fingerprint density at radius 3 is 2.18 bits per heavy atom. The van der Waals surface area contributed by atoms with Crippen molar-refractivity contribution in [2.24, 2.45) is 22.4 Å². The average Bonchev–Trinajstić information content (AvgIpc) is 2.34. The molecule has 3 nitrogen and oxygen atoms in total. The largest absolute Gasteiger partial charge is 0.404 e. The average molecular weight is 247 g/mol. The van der Waals surface area contributed by atoms with Crippen LogP contribution in [0, 0.1) is 5.92 Å². The first-order valence-electron chi connectivity index (χ1n) is 6.12. The lowest BCUT2D eigenvalue weighted by Crippen LogP contribution is -2.27. The summed E-state index contributed by atoms with van der Waals surface area (Å²) in [5, 5.41) is 0. The predicted molar refractivity (Wildman–Crippen MR) is 68.0 cm³/mol. The van der Waals surface area contributed by atoms with Crippen LogP contribution in [0.4, 0.5) is 8.78 Å². The Hall–Kier alpha value is -0.970. The van der Waals surface area contributed by atoms with Crippen molar-refractivity contribution in [3.63, 3.8) is 0 Å². The fourth-order valence-corrected chi connectivity index (χ4v) is 1.88. The highest BCUT2D eigenvalue weighted by molar-refractivity contribution is 5.79. The summed E-state index contributed by atoms with van der Waals surface area (Å²) < 4.78 is 23.7. The molecule has 0 heterocycles. The Kier molecular flexibility index (Phi) is 8.58. The van der Waals surface area contributed by atoms with E-state index in [0.29, 0.717) is 5.57 Å². The van der Waals surface area contributed by atoms with Crippen LogP contribution < -0.4 is 11.5 Å². The van der Waals surface area contributed by atoms with E-state index in [-0.39, 0.29) is 12.0 Å². The van der Waals surface area contributed by atoms with Crippen LogP contribution in [0.25, 0.3) is 0 Å². The van der Waals surface area contributed by atoms with Crippen LogP contribution in [0.3, 0.4) is 0 Å². The summed E-state index contributed by atoms with van der Waals surface area (Å²) in [5.74, 6) is 0.234. The van der Waals surface area contributed by atoms with Gasteiger partial charge in [0.25, 0.3) is 0 Å². The summed E-state index contributed by atoms with van der Waals surface area (Å²) >= 11 is 0. The van der Waals surface area contributed by atoms with E-state index in [9.17, 15) is 8.78 Å². The molecule has 0 radical (unpaired) electrons. The summed E-state index contributed by atoms with van der Waals surface area (Å²) in [6, 6.07) is 0.243. The lowest BCUT2D eigenvalue weighted by molar-refractivity contribution is 0.160. The maximum Gasteiger partial charge on any atom is 0.331 e. The predicted octanol–water partition coefficient (Wildman–Crippen LogP) is 2.67. The van der Waals surface area contributed by atoms with Crippen molar-refractivity contribution >= 4 is 6.21 Å². The molecule has 0 amide bonds. The summed E-state index contributed by atoms with van der Waals surface area (Å²) in [4.78, 5) is 3.05. The van der Waals surface area contributed by atoms with E-state index < -0.39 is 6.55 Å². The maximum absolute atomic E-state index is 11.9. The zero-order valence-electron chi connectivity index (χ0n) is 10.6. The molecule has 100 valence electrons. The Bertz CT molecular complexity index is 244. The minimum absolute atomic E-state index is 0.234. The van der Waals surface area contributed by atoms with E-state index in [1.54, 1.807) is 0 Å². The van der Waals surface area contributed by atoms with E-state index in [1.165, 1.54) is 12.4 Å². The number of aliphatic imine (C=N–C) groups is 1. The van der Waals surface area contributed by atoms with E-state index in [1.807, 2.05) is 13.8 Å². The standard InChI is InChI=1S/C10H17F2N3.C2H6/c11-10(12)15-6-8(5-13)7-1-3-9(14)4-2-7;1-2/h5-7,9-10H,1-4,13-14H2;1-2H3/b8-5+,15-6+;. The van der Waals surface area contributed by atoms with Crippen molar-refractivity contribution in [2.45, 2.75) is 52.1 Å².